The zero-order chi connectivity index (χ0) is 14.7. The second kappa shape index (κ2) is 4.33. The molecule has 2 fully saturated rings. The van der Waals surface area contributed by atoms with Gasteiger partial charge in [0.25, 0.3) is 0 Å². The average Bonchev–Trinajstić information content (AvgIpc) is 2.72. The molecule has 4 atom stereocenters. The molecule has 0 aromatic rings. The molecule has 3 aliphatic carbocycles. The molecule has 0 aromatic carbocycles. The molecule has 112 valence electrons. The highest BCUT2D eigenvalue weighted by Crippen LogP contribution is 2.73. The van der Waals surface area contributed by atoms with Crippen molar-refractivity contribution in [3.05, 3.63) is 11.1 Å². The summed E-state index contributed by atoms with van der Waals surface area (Å²) in [6, 6.07) is 0. The first-order valence-electron chi connectivity index (χ1n) is 7.82. The number of aliphatic carboxylic acids is 1. The van der Waals surface area contributed by atoms with Gasteiger partial charge in [0.05, 0.1) is 6.61 Å². The summed E-state index contributed by atoms with van der Waals surface area (Å²) in [5.74, 6) is 0.608. The van der Waals surface area contributed by atoms with Crippen molar-refractivity contribution in [3.63, 3.8) is 0 Å². The number of allylic oxidation sites excluding steroid dienone is 1. The van der Waals surface area contributed by atoms with Gasteiger partial charge in [-0.05, 0) is 42.9 Å². The summed E-state index contributed by atoms with van der Waals surface area (Å²) in [5, 5.41) is 9.72. The summed E-state index contributed by atoms with van der Waals surface area (Å²) in [5.41, 5.74) is 2.29. The smallest absolute Gasteiger partial charge is 0.331 e. The van der Waals surface area contributed by atoms with E-state index in [4.69, 9.17) is 4.74 Å². The van der Waals surface area contributed by atoms with Gasteiger partial charge in [-0.1, -0.05) is 26.3 Å². The molecule has 0 heterocycles. The lowest BCUT2D eigenvalue weighted by Gasteiger charge is -2.51. The van der Waals surface area contributed by atoms with Crippen LogP contribution in [0.4, 0.5) is 0 Å². The summed E-state index contributed by atoms with van der Waals surface area (Å²) in [6.07, 6.45) is 4.47. The lowest BCUT2D eigenvalue weighted by atomic mass is 9.52. The van der Waals surface area contributed by atoms with Crippen LogP contribution in [0.25, 0.3) is 0 Å². The quantitative estimate of drug-likeness (QED) is 0.859. The van der Waals surface area contributed by atoms with Crippen LogP contribution in [0.5, 0.6) is 0 Å². The summed E-state index contributed by atoms with van der Waals surface area (Å²) in [6.45, 7) is 7.61. The maximum absolute atomic E-state index is 11.8. The molecule has 0 aliphatic heterocycles. The number of hydrogen-bond acceptors (Lipinski definition) is 2. The van der Waals surface area contributed by atoms with Crippen LogP contribution in [0.1, 0.15) is 46.5 Å². The predicted octanol–water partition coefficient (Wildman–Crippen LogP) is 3.50. The third-order valence-corrected chi connectivity index (χ3v) is 6.85. The van der Waals surface area contributed by atoms with Gasteiger partial charge in [-0.15, -0.1) is 0 Å². The highest BCUT2D eigenvalue weighted by atomic mass is 16.5. The SMILES string of the molecule is COC[C@H]1C[C@@]23C(=C1C(=O)O)C[C@@H](CC[C@H]2C)C3(C)C. The van der Waals surface area contributed by atoms with E-state index < -0.39 is 5.97 Å². The summed E-state index contributed by atoms with van der Waals surface area (Å²) in [7, 11) is 1.67. The number of fused-ring (bicyclic) bond motifs is 1. The first-order chi connectivity index (χ1) is 9.36. The van der Waals surface area contributed by atoms with Crippen LogP contribution in [0.2, 0.25) is 0 Å². The maximum Gasteiger partial charge on any atom is 0.331 e. The Hall–Kier alpha value is -0.830. The minimum atomic E-state index is -0.713. The first-order valence-corrected chi connectivity index (χ1v) is 7.82. The van der Waals surface area contributed by atoms with Crippen molar-refractivity contribution < 1.29 is 14.6 Å². The predicted molar refractivity (Wildman–Crippen MR) is 77.4 cm³/mol. The monoisotopic (exact) mass is 278 g/mol. The molecule has 0 aromatic heterocycles. The van der Waals surface area contributed by atoms with E-state index in [-0.39, 0.29) is 16.7 Å². The largest absolute Gasteiger partial charge is 0.478 e. The highest BCUT2D eigenvalue weighted by Gasteiger charge is 2.66. The third-order valence-electron chi connectivity index (χ3n) is 6.85. The number of carboxylic acids is 1. The molecule has 3 heteroatoms. The number of methoxy groups -OCH3 is 1. The molecule has 0 saturated heterocycles. The third kappa shape index (κ3) is 1.47. The summed E-state index contributed by atoms with van der Waals surface area (Å²) < 4.78 is 5.31. The van der Waals surface area contributed by atoms with E-state index in [9.17, 15) is 9.90 Å². The van der Waals surface area contributed by atoms with Crippen molar-refractivity contribution in [1.29, 1.82) is 0 Å². The molecular formula is C17H26O3. The van der Waals surface area contributed by atoms with Gasteiger partial charge >= 0.3 is 5.97 Å². The Morgan fingerprint density at radius 1 is 1.40 bits per heavy atom. The first kappa shape index (κ1) is 14.1. The molecule has 0 radical (unpaired) electrons. The van der Waals surface area contributed by atoms with E-state index in [1.807, 2.05) is 0 Å². The number of carbonyl (C=O) groups is 1. The zero-order valence-corrected chi connectivity index (χ0v) is 13.0. The van der Waals surface area contributed by atoms with E-state index in [1.54, 1.807) is 7.11 Å². The van der Waals surface area contributed by atoms with Crippen LogP contribution < -0.4 is 0 Å². The maximum atomic E-state index is 11.8. The van der Waals surface area contributed by atoms with Crippen LogP contribution in [0.3, 0.4) is 0 Å². The van der Waals surface area contributed by atoms with E-state index in [0.717, 1.165) is 12.8 Å². The molecule has 20 heavy (non-hydrogen) atoms. The van der Waals surface area contributed by atoms with Gasteiger partial charge in [-0.2, -0.15) is 0 Å². The molecular weight excluding hydrogens is 252 g/mol. The lowest BCUT2D eigenvalue weighted by molar-refractivity contribution is -0.133. The summed E-state index contributed by atoms with van der Waals surface area (Å²) >= 11 is 0. The van der Waals surface area contributed by atoms with Crippen molar-refractivity contribution in [3.8, 4) is 0 Å². The van der Waals surface area contributed by atoms with Gasteiger partial charge in [-0.25, -0.2) is 4.79 Å². The van der Waals surface area contributed by atoms with Gasteiger partial charge in [0, 0.05) is 24.0 Å². The number of rotatable bonds is 3. The van der Waals surface area contributed by atoms with Crippen molar-refractivity contribution in [2.75, 3.05) is 13.7 Å². The van der Waals surface area contributed by atoms with Crippen LogP contribution in [-0.2, 0) is 9.53 Å². The van der Waals surface area contributed by atoms with Crippen molar-refractivity contribution in [2.24, 2.45) is 28.6 Å². The number of ether oxygens (including phenoxy) is 1. The fraction of sp³-hybridized carbons (Fsp3) is 0.824. The van der Waals surface area contributed by atoms with E-state index >= 15 is 0 Å². The molecule has 0 amide bonds. The van der Waals surface area contributed by atoms with Gasteiger partial charge in [0.2, 0.25) is 0 Å². The minimum absolute atomic E-state index is 0.0771. The fourth-order valence-corrected chi connectivity index (χ4v) is 5.85. The Bertz CT molecular complexity index is 477. The van der Waals surface area contributed by atoms with Crippen LogP contribution in [0, 0.1) is 28.6 Å². The van der Waals surface area contributed by atoms with Gasteiger partial charge in [0.1, 0.15) is 0 Å². The van der Waals surface area contributed by atoms with Gasteiger partial charge < -0.3 is 9.84 Å². The Balaban J connectivity index is 2.16. The molecule has 1 N–H and O–H groups in total. The molecule has 3 aliphatic rings. The normalized spacial score (nSPS) is 41.9. The highest BCUT2D eigenvalue weighted by molar-refractivity contribution is 5.89. The van der Waals surface area contributed by atoms with Gasteiger partial charge in [0.15, 0.2) is 0 Å². The fourth-order valence-electron chi connectivity index (χ4n) is 5.85. The van der Waals surface area contributed by atoms with Crippen LogP contribution in [-0.4, -0.2) is 24.8 Å². The molecule has 3 rings (SSSR count). The minimum Gasteiger partial charge on any atom is -0.478 e. The van der Waals surface area contributed by atoms with E-state index in [1.165, 1.54) is 18.4 Å². The standard InChI is InChI=1S/C17H26O3/c1-10-5-6-12-7-13-14(15(18)19)11(9-20-4)8-17(10,13)16(12,2)3/h10-12H,5-9H2,1-4H3,(H,18,19)/t10-,11-,12-,17+/m1/s1. The van der Waals surface area contributed by atoms with E-state index in [2.05, 4.69) is 20.8 Å². The molecule has 3 nitrogen and oxygen atoms in total. The molecule has 0 unspecified atom stereocenters. The average molecular weight is 278 g/mol. The Morgan fingerprint density at radius 2 is 2.10 bits per heavy atom. The van der Waals surface area contributed by atoms with Gasteiger partial charge in [-0.3, -0.25) is 0 Å². The Labute approximate surface area is 121 Å². The van der Waals surface area contributed by atoms with Crippen molar-refractivity contribution >= 4 is 5.97 Å². The molecule has 2 bridgehead atoms. The van der Waals surface area contributed by atoms with E-state index in [0.29, 0.717) is 24.0 Å². The van der Waals surface area contributed by atoms with Crippen LogP contribution >= 0.6 is 0 Å². The molecule has 2 saturated carbocycles. The van der Waals surface area contributed by atoms with Crippen LogP contribution in [0.15, 0.2) is 11.1 Å². The Morgan fingerprint density at radius 3 is 2.70 bits per heavy atom. The summed E-state index contributed by atoms with van der Waals surface area (Å²) in [4.78, 5) is 11.8. The molecule has 1 spiro atoms. The Kier molecular flexibility index (Phi) is 3.06. The topological polar surface area (TPSA) is 46.5 Å². The lowest BCUT2D eigenvalue weighted by Crippen LogP contribution is -2.45. The number of hydrogen-bond donors (Lipinski definition) is 1. The van der Waals surface area contributed by atoms with Crippen molar-refractivity contribution in [1.82, 2.24) is 0 Å². The number of carboxylic acid groups (broad SMARTS) is 1. The van der Waals surface area contributed by atoms with Crippen molar-refractivity contribution in [2.45, 2.75) is 46.5 Å². The second-order valence-corrected chi connectivity index (χ2v) is 7.63. The zero-order valence-electron chi connectivity index (χ0n) is 13.0. The second-order valence-electron chi connectivity index (χ2n) is 7.63.